The van der Waals surface area contributed by atoms with E-state index in [1.165, 1.54) is 52.6 Å². The number of carbonyl (C=O) groups is 2. The lowest BCUT2D eigenvalue weighted by Crippen LogP contribution is -2.39. The normalized spacial score (nSPS) is 15.3. The van der Waals surface area contributed by atoms with Gasteiger partial charge in [0.2, 0.25) is 0 Å². The molecule has 1 atom stereocenters. The lowest BCUT2D eigenvalue weighted by atomic mass is 9.98. The molecule has 2 aromatic carbocycles. The van der Waals surface area contributed by atoms with Gasteiger partial charge in [-0.25, -0.2) is 9.40 Å². The zero-order valence-electron chi connectivity index (χ0n) is 17.6. The van der Waals surface area contributed by atoms with Crippen molar-refractivity contribution in [2.75, 3.05) is 13.6 Å². The monoisotopic (exact) mass is 466 g/mol. The fraction of sp³-hybridized carbons (Fsp3) is 0.174. The van der Waals surface area contributed by atoms with Gasteiger partial charge in [-0.15, -0.1) is 11.3 Å². The first-order valence-corrected chi connectivity index (χ1v) is 10.9. The van der Waals surface area contributed by atoms with E-state index in [9.17, 15) is 24.1 Å². The highest BCUT2D eigenvalue weighted by molar-refractivity contribution is 7.12. The van der Waals surface area contributed by atoms with Crippen LogP contribution in [0.5, 0.6) is 0 Å². The average Bonchev–Trinajstić information content (AvgIpc) is 3.50. The summed E-state index contributed by atoms with van der Waals surface area (Å²) in [4.78, 5) is 38.3. The molecule has 0 fully saturated rings. The Morgan fingerprint density at radius 3 is 2.64 bits per heavy atom. The first kappa shape index (κ1) is 22.3. The van der Waals surface area contributed by atoms with E-state index in [1.54, 1.807) is 41.8 Å². The summed E-state index contributed by atoms with van der Waals surface area (Å²) in [7, 11) is 1.53. The lowest BCUT2D eigenvalue weighted by Gasteiger charge is -2.24. The SMILES string of the molecule is CN(CC(=O)N1N=C(c2ccc(F)cc2)CC1c1cccc([N+](=O)[O-])c1)C(=O)c1cccs1. The first-order chi connectivity index (χ1) is 15.8. The third-order valence-corrected chi connectivity index (χ3v) is 6.12. The molecule has 0 saturated carbocycles. The molecular weight excluding hydrogens is 447 g/mol. The molecule has 0 aliphatic carbocycles. The van der Waals surface area contributed by atoms with Crippen LogP contribution in [0.15, 0.2) is 71.1 Å². The number of hydrogen-bond acceptors (Lipinski definition) is 6. The third-order valence-electron chi connectivity index (χ3n) is 5.26. The van der Waals surface area contributed by atoms with Crippen molar-refractivity contribution in [3.8, 4) is 0 Å². The number of nitro groups is 1. The quantitative estimate of drug-likeness (QED) is 0.401. The highest BCUT2D eigenvalue weighted by Gasteiger charge is 2.34. The van der Waals surface area contributed by atoms with Crippen molar-refractivity contribution in [1.29, 1.82) is 0 Å². The number of amides is 2. The van der Waals surface area contributed by atoms with Crippen LogP contribution in [0.1, 0.15) is 33.3 Å². The summed E-state index contributed by atoms with van der Waals surface area (Å²) in [6, 6.07) is 14.6. The summed E-state index contributed by atoms with van der Waals surface area (Å²) in [6.07, 6.45) is 0.293. The molecule has 1 unspecified atom stereocenters. The van der Waals surface area contributed by atoms with E-state index < -0.39 is 22.7 Å². The average molecular weight is 466 g/mol. The summed E-state index contributed by atoms with van der Waals surface area (Å²) in [6.45, 7) is -0.220. The van der Waals surface area contributed by atoms with Crippen molar-refractivity contribution in [2.45, 2.75) is 12.5 Å². The van der Waals surface area contributed by atoms with E-state index in [1.807, 2.05) is 0 Å². The number of halogens is 1. The second-order valence-corrected chi connectivity index (χ2v) is 8.45. The van der Waals surface area contributed by atoms with Crippen LogP contribution in [-0.4, -0.2) is 46.0 Å². The minimum absolute atomic E-state index is 0.0971. The predicted molar refractivity (Wildman–Crippen MR) is 122 cm³/mol. The fourth-order valence-electron chi connectivity index (χ4n) is 3.60. The van der Waals surface area contributed by atoms with Crippen molar-refractivity contribution in [2.24, 2.45) is 5.10 Å². The molecule has 0 saturated heterocycles. The maximum atomic E-state index is 13.4. The van der Waals surface area contributed by atoms with E-state index in [0.717, 1.165) is 0 Å². The molecule has 0 radical (unpaired) electrons. The maximum absolute atomic E-state index is 13.4. The van der Waals surface area contributed by atoms with Crippen LogP contribution >= 0.6 is 11.3 Å². The Balaban J connectivity index is 1.63. The standard InChI is InChI=1S/C23H19FN4O4S/c1-26(23(30)21-6-3-11-33-21)14-22(29)27-20(16-4-2-5-18(12-16)28(31)32)13-19(25-27)15-7-9-17(24)10-8-15/h2-12,20H,13-14H2,1H3. The Bertz CT molecular complexity index is 1230. The van der Waals surface area contributed by atoms with Gasteiger partial charge in [0.15, 0.2) is 0 Å². The van der Waals surface area contributed by atoms with Crippen molar-refractivity contribution < 1.29 is 18.9 Å². The van der Waals surface area contributed by atoms with E-state index in [0.29, 0.717) is 28.1 Å². The van der Waals surface area contributed by atoms with Gasteiger partial charge in [0, 0.05) is 25.6 Å². The van der Waals surface area contributed by atoms with Crippen LogP contribution in [0, 0.1) is 15.9 Å². The van der Waals surface area contributed by atoms with Gasteiger partial charge in [-0.1, -0.05) is 30.3 Å². The molecule has 4 rings (SSSR count). The number of benzene rings is 2. The van der Waals surface area contributed by atoms with Crippen molar-refractivity contribution >= 4 is 34.6 Å². The van der Waals surface area contributed by atoms with Gasteiger partial charge in [-0.05, 0) is 34.7 Å². The zero-order chi connectivity index (χ0) is 23.5. The molecule has 0 bridgehead atoms. The molecule has 0 N–H and O–H groups in total. The molecule has 2 amide bonds. The molecule has 1 aromatic heterocycles. The number of nitrogens with zero attached hydrogens (tertiary/aromatic N) is 4. The van der Waals surface area contributed by atoms with E-state index >= 15 is 0 Å². The molecule has 33 heavy (non-hydrogen) atoms. The minimum atomic E-state index is -0.595. The number of hydrogen-bond donors (Lipinski definition) is 0. The lowest BCUT2D eigenvalue weighted by molar-refractivity contribution is -0.385. The van der Waals surface area contributed by atoms with Gasteiger partial charge >= 0.3 is 0 Å². The number of thiophene rings is 1. The summed E-state index contributed by atoms with van der Waals surface area (Å²) in [5.41, 5.74) is 1.64. The maximum Gasteiger partial charge on any atom is 0.269 e. The van der Waals surface area contributed by atoms with Crippen molar-refractivity contribution in [1.82, 2.24) is 9.91 Å². The third kappa shape index (κ3) is 4.80. The molecule has 3 aromatic rings. The smallest absolute Gasteiger partial charge is 0.269 e. The Kier molecular flexibility index (Phi) is 6.27. The first-order valence-electron chi connectivity index (χ1n) is 10.0. The summed E-state index contributed by atoms with van der Waals surface area (Å²) in [5.74, 6) is -1.11. The van der Waals surface area contributed by atoms with Gasteiger partial charge in [0.05, 0.1) is 21.6 Å². The molecular formula is C23H19FN4O4S. The number of carbonyl (C=O) groups excluding carboxylic acids is 2. The van der Waals surface area contributed by atoms with Gasteiger partial charge in [-0.2, -0.15) is 5.10 Å². The molecule has 1 aliphatic rings. The second-order valence-electron chi connectivity index (χ2n) is 7.50. The fourth-order valence-corrected chi connectivity index (χ4v) is 4.32. The van der Waals surface area contributed by atoms with Crippen LogP contribution in [0.25, 0.3) is 0 Å². The Morgan fingerprint density at radius 2 is 1.97 bits per heavy atom. The van der Waals surface area contributed by atoms with Gasteiger partial charge in [-0.3, -0.25) is 19.7 Å². The van der Waals surface area contributed by atoms with Crippen molar-refractivity contribution in [3.05, 3.63) is 98.0 Å². The zero-order valence-corrected chi connectivity index (χ0v) is 18.4. The highest BCUT2D eigenvalue weighted by Crippen LogP contribution is 2.34. The molecule has 168 valence electrons. The number of hydrazone groups is 1. The van der Waals surface area contributed by atoms with E-state index in [2.05, 4.69) is 5.10 Å². The summed E-state index contributed by atoms with van der Waals surface area (Å²) < 4.78 is 13.4. The Hall–Kier alpha value is -3.92. The molecule has 2 heterocycles. The van der Waals surface area contributed by atoms with Gasteiger partial charge in [0.1, 0.15) is 12.4 Å². The van der Waals surface area contributed by atoms with E-state index in [4.69, 9.17) is 0 Å². The van der Waals surface area contributed by atoms with E-state index in [-0.39, 0.29) is 18.1 Å². The molecule has 0 spiro atoms. The molecule has 10 heteroatoms. The largest absolute Gasteiger partial charge is 0.332 e. The van der Waals surface area contributed by atoms with Gasteiger partial charge in [0.25, 0.3) is 17.5 Å². The van der Waals surface area contributed by atoms with Crippen LogP contribution in [0.3, 0.4) is 0 Å². The highest BCUT2D eigenvalue weighted by atomic mass is 32.1. The number of non-ortho nitro benzene ring substituents is 1. The Morgan fingerprint density at radius 1 is 1.21 bits per heavy atom. The van der Waals surface area contributed by atoms with Gasteiger partial charge < -0.3 is 4.90 Å². The van der Waals surface area contributed by atoms with Crippen LogP contribution in [0.2, 0.25) is 0 Å². The number of rotatable bonds is 6. The predicted octanol–water partition coefficient (Wildman–Crippen LogP) is 4.25. The number of nitro benzene ring substituents is 1. The second kappa shape index (κ2) is 9.29. The van der Waals surface area contributed by atoms with Crippen LogP contribution in [0.4, 0.5) is 10.1 Å². The summed E-state index contributed by atoms with van der Waals surface area (Å²) in [5, 5.41) is 18.8. The van der Waals surface area contributed by atoms with Crippen molar-refractivity contribution in [3.63, 3.8) is 0 Å². The Labute approximate surface area is 192 Å². The summed E-state index contributed by atoms with van der Waals surface area (Å²) >= 11 is 1.28. The molecule has 8 nitrogen and oxygen atoms in total. The minimum Gasteiger partial charge on any atom is -0.332 e. The number of likely N-dealkylation sites (N-methyl/N-ethyl adjacent to an activating group) is 1. The van der Waals surface area contributed by atoms with Crippen LogP contribution in [-0.2, 0) is 4.79 Å². The molecule has 1 aliphatic heterocycles. The topological polar surface area (TPSA) is 96.1 Å². The van der Waals surface area contributed by atoms with Crippen LogP contribution < -0.4 is 0 Å².